The van der Waals surface area contributed by atoms with E-state index < -0.39 is 6.10 Å². The Bertz CT molecular complexity index is 727. The molecule has 122 valence electrons. The van der Waals surface area contributed by atoms with Gasteiger partial charge in [-0.25, -0.2) is 0 Å². The molecule has 0 aliphatic rings. The van der Waals surface area contributed by atoms with E-state index in [-0.39, 0.29) is 0 Å². The minimum absolute atomic E-state index is 0.494. The maximum atomic E-state index is 10.1. The molecule has 0 fully saturated rings. The fraction of sp³-hybridized carbons (Fsp3) is 0.143. The highest BCUT2D eigenvalue weighted by Gasteiger charge is 2.06. The molecular formula is C21H21NO2. The zero-order valence-corrected chi connectivity index (χ0v) is 13.4. The first-order chi connectivity index (χ1) is 11.8. The molecule has 24 heavy (non-hydrogen) atoms. The van der Waals surface area contributed by atoms with Crippen molar-refractivity contribution >= 4 is 0 Å². The molecule has 0 spiro atoms. The third-order valence-electron chi connectivity index (χ3n) is 3.75. The number of aliphatic hydroxyl groups is 1. The van der Waals surface area contributed by atoms with Crippen LogP contribution in [-0.2, 0) is 6.54 Å². The summed E-state index contributed by atoms with van der Waals surface area (Å²) >= 11 is 0. The van der Waals surface area contributed by atoms with Crippen LogP contribution in [0.3, 0.4) is 0 Å². The van der Waals surface area contributed by atoms with Gasteiger partial charge in [0, 0.05) is 13.1 Å². The number of benzene rings is 3. The molecule has 3 nitrogen and oxygen atoms in total. The van der Waals surface area contributed by atoms with Crippen molar-refractivity contribution in [3.8, 4) is 11.5 Å². The van der Waals surface area contributed by atoms with E-state index >= 15 is 0 Å². The van der Waals surface area contributed by atoms with Gasteiger partial charge in [-0.3, -0.25) is 0 Å². The Morgan fingerprint density at radius 3 is 2.00 bits per heavy atom. The summed E-state index contributed by atoms with van der Waals surface area (Å²) in [6.07, 6.45) is -0.494. The Balaban J connectivity index is 1.48. The summed E-state index contributed by atoms with van der Waals surface area (Å²) in [5.74, 6) is 1.64. The van der Waals surface area contributed by atoms with E-state index in [2.05, 4.69) is 5.32 Å². The Hall–Kier alpha value is -2.62. The quantitative estimate of drug-likeness (QED) is 0.682. The third-order valence-corrected chi connectivity index (χ3v) is 3.75. The molecule has 0 aliphatic heterocycles. The molecule has 2 N–H and O–H groups in total. The van der Waals surface area contributed by atoms with Gasteiger partial charge in [0.2, 0.25) is 0 Å². The first-order valence-electron chi connectivity index (χ1n) is 8.07. The van der Waals surface area contributed by atoms with Crippen LogP contribution in [0.25, 0.3) is 0 Å². The van der Waals surface area contributed by atoms with Gasteiger partial charge in [-0.2, -0.15) is 0 Å². The number of hydrogen-bond acceptors (Lipinski definition) is 3. The van der Waals surface area contributed by atoms with Crippen LogP contribution in [0.5, 0.6) is 11.5 Å². The molecule has 1 unspecified atom stereocenters. The predicted octanol–water partition coefficient (Wildman–Crippen LogP) is 4.30. The predicted molar refractivity (Wildman–Crippen MR) is 96.1 cm³/mol. The van der Waals surface area contributed by atoms with Crippen LogP contribution < -0.4 is 10.1 Å². The average molecular weight is 319 g/mol. The van der Waals surface area contributed by atoms with E-state index in [9.17, 15) is 5.11 Å². The zero-order chi connectivity index (χ0) is 16.6. The van der Waals surface area contributed by atoms with Crippen LogP contribution in [0.2, 0.25) is 0 Å². The van der Waals surface area contributed by atoms with Gasteiger partial charge in [0.1, 0.15) is 11.5 Å². The minimum atomic E-state index is -0.494. The van der Waals surface area contributed by atoms with Crippen molar-refractivity contribution < 1.29 is 9.84 Å². The summed E-state index contributed by atoms with van der Waals surface area (Å²) in [4.78, 5) is 0. The summed E-state index contributed by atoms with van der Waals surface area (Å²) in [6.45, 7) is 1.22. The lowest BCUT2D eigenvalue weighted by molar-refractivity contribution is 0.174. The van der Waals surface area contributed by atoms with E-state index in [1.165, 1.54) is 0 Å². The highest BCUT2D eigenvalue weighted by Crippen LogP contribution is 2.21. The summed E-state index contributed by atoms with van der Waals surface area (Å²) in [5, 5.41) is 13.4. The van der Waals surface area contributed by atoms with Gasteiger partial charge >= 0.3 is 0 Å². The maximum Gasteiger partial charge on any atom is 0.127 e. The summed E-state index contributed by atoms with van der Waals surface area (Å²) in [6, 6.07) is 27.4. The lowest BCUT2D eigenvalue weighted by Crippen LogP contribution is -2.20. The molecule has 0 aromatic heterocycles. The van der Waals surface area contributed by atoms with Crippen LogP contribution in [0.4, 0.5) is 0 Å². The molecule has 0 radical (unpaired) electrons. The fourth-order valence-corrected chi connectivity index (χ4v) is 2.45. The van der Waals surface area contributed by atoms with Crippen LogP contribution in [0, 0.1) is 0 Å². The fourth-order valence-electron chi connectivity index (χ4n) is 2.45. The molecule has 0 aliphatic carbocycles. The van der Waals surface area contributed by atoms with Crippen molar-refractivity contribution in [2.45, 2.75) is 12.6 Å². The summed E-state index contributed by atoms with van der Waals surface area (Å²) in [7, 11) is 0. The van der Waals surface area contributed by atoms with Crippen molar-refractivity contribution in [2.24, 2.45) is 0 Å². The Labute approximate surface area is 142 Å². The van der Waals surface area contributed by atoms with Crippen molar-refractivity contribution in [1.29, 1.82) is 0 Å². The van der Waals surface area contributed by atoms with Crippen molar-refractivity contribution in [3.05, 3.63) is 96.1 Å². The Morgan fingerprint density at radius 2 is 1.33 bits per heavy atom. The van der Waals surface area contributed by atoms with Gasteiger partial charge in [-0.05, 0) is 35.4 Å². The molecule has 3 heteroatoms. The monoisotopic (exact) mass is 319 g/mol. The van der Waals surface area contributed by atoms with E-state index in [0.717, 1.165) is 22.6 Å². The topological polar surface area (TPSA) is 41.5 Å². The van der Waals surface area contributed by atoms with E-state index in [0.29, 0.717) is 13.1 Å². The van der Waals surface area contributed by atoms with Crippen LogP contribution >= 0.6 is 0 Å². The molecule has 0 saturated heterocycles. The number of nitrogens with one attached hydrogen (secondary N) is 1. The van der Waals surface area contributed by atoms with Gasteiger partial charge in [-0.15, -0.1) is 0 Å². The first-order valence-corrected chi connectivity index (χ1v) is 8.07. The standard InChI is InChI=1S/C21H21NO2/c23-21(18-7-3-1-4-8-18)16-22-15-17-11-13-20(14-12-17)24-19-9-5-2-6-10-19/h1-14,21-23H,15-16H2. The van der Waals surface area contributed by atoms with Crippen LogP contribution in [-0.4, -0.2) is 11.7 Å². The second-order valence-electron chi connectivity index (χ2n) is 5.62. The highest BCUT2D eigenvalue weighted by molar-refractivity contribution is 5.32. The molecule has 3 aromatic rings. The van der Waals surface area contributed by atoms with Gasteiger partial charge < -0.3 is 15.2 Å². The smallest absolute Gasteiger partial charge is 0.127 e. The zero-order valence-electron chi connectivity index (χ0n) is 13.4. The van der Waals surface area contributed by atoms with E-state index in [1.54, 1.807) is 0 Å². The second kappa shape index (κ2) is 8.29. The lowest BCUT2D eigenvalue weighted by Gasteiger charge is -2.12. The summed E-state index contributed by atoms with van der Waals surface area (Å²) < 4.78 is 5.77. The van der Waals surface area contributed by atoms with Crippen molar-refractivity contribution in [3.63, 3.8) is 0 Å². The first kappa shape index (κ1) is 16.2. The second-order valence-corrected chi connectivity index (χ2v) is 5.62. The van der Waals surface area contributed by atoms with Crippen LogP contribution in [0.1, 0.15) is 17.2 Å². The van der Waals surface area contributed by atoms with E-state index in [4.69, 9.17) is 4.74 Å². The van der Waals surface area contributed by atoms with Gasteiger partial charge in [0.25, 0.3) is 0 Å². The van der Waals surface area contributed by atoms with Crippen molar-refractivity contribution in [2.75, 3.05) is 6.54 Å². The molecule has 0 heterocycles. The summed E-state index contributed by atoms with van der Waals surface area (Å²) in [5.41, 5.74) is 2.08. The SMILES string of the molecule is OC(CNCc1ccc(Oc2ccccc2)cc1)c1ccccc1. The Kier molecular flexibility index (Phi) is 5.61. The van der Waals surface area contributed by atoms with Gasteiger partial charge in [0.05, 0.1) is 6.10 Å². The molecule has 3 rings (SSSR count). The van der Waals surface area contributed by atoms with Gasteiger partial charge in [-0.1, -0.05) is 60.7 Å². The normalized spacial score (nSPS) is 11.9. The number of hydrogen-bond donors (Lipinski definition) is 2. The van der Waals surface area contributed by atoms with E-state index in [1.807, 2.05) is 84.9 Å². The minimum Gasteiger partial charge on any atom is -0.457 e. The molecule has 0 amide bonds. The lowest BCUT2D eigenvalue weighted by atomic mass is 10.1. The number of aliphatic hydroxyl groups excluding tert-OH is 1. The number of para-hydroxylation sites is 1. The molecule has 0 bridgehead atoms. The molecule has 3 aromatic carbocycles. The van der Waals surface area contributed by atoms with Crippen molar-refractivity contribution in [1.82, 2.24) is 5.32 Å². The van der Waals surface area contributed by atoms with Gasteiger partial charge in [0.15, 0.2) is 0 Å². The van der Waals surface area contributed by atoms with Crippen LogP contribution in [0.15, 0.2) is 84.9 Å². The molecule has 1 atom stereocenters. The third kappa shape index (κ3) is 4.69. The molecular weight excluding hydrogens is 298 g/mol. The molecule has 0 saturated carbocycles. The average Bonchev–Trinajstić information content (AvgIpc) is 2.65. The number of rotatable bonds is 7. The number of ether oxygens (including phenoxy) is 1. The maximum absolute atomic E-state index is 10.1. The Morgan fingerprint density at radius 1 is 0.750 bits per heavy atom. The largest absolute Gasteiger partial charge is 0.457 e. The highest BCUT2D eigenvalue weighted by atomic mass is 16.5.